The van der Waals surface area contributed by atoms with E-state index in [0.29, 0.717) is 36.3 Å². The van der Waals surface area contributed by atoms with Gasteiger partial charge < -0.3 is 29.0 Å². The molecule has 0 saturated heterocycles. The minimum Gasteiger partial charge on any atom is -0.478 e. The van der Waals surface area contributed by atoms with Gasteiger partial charge in [-0.1, -0.05) is 69.2 Å². The van der Waals surface area contributed by atoms with Crippen LogP contribution in [0.4, 0.5) is 0 Å². The van der Waals surface area contributed by atoms with Gasteiger partial charge in [0.2, 0.25) is 23.5 Å². The predicted octanol–water partition coefficient (Wildman–Crippen LogP) is 6.61. The van der Waals surface area contributed by atoms with Crippen LogP contribution in [0, 0.1) is 5.41 Å². The van der Waals surface area contributed by atoms with Crippen LogP contribution in [-0.2, 0) is 30.9 Å². The molecule has 0 radical (unpaired) electrons. The highest BCUT2D eigenvalue weighted by molar-refractivity contribution is 5.30. The zero-order valence-electron chi connectivity index (χ0n) is 34.8. The first kappa shape index (κ1) is 41.1. The smallest absolute Gasteiger partial charge is 0.215 e. The molecule has 14 nitrogen and oxygen atoms in total. The first-order valence-electron chi connectivity index (χ1n) is 19.7. The lowest BCUT2D eigenvalue weighted by Gasteiger charge is -2.30. The second-order valence-electron chi connectivity index (χ2n) is 16.6. The summed E-state index contributed by atoms with van der Waals surface area (Å²) in [5.41, 5.74) is 5.04. The van der Waals surface area contributed by atoms with Gasteiger partial charge in [-0.15, -0.1) is 0 Å². The van der Waals surface area contributed by atoms with Gasteiger partial charge in [0.25, 0.3) is 0 Å². The number of fused-ring (bicyclic) bond motifs is 4. The summed E-state index contributed by atoms with van der Waals surface area (Å²) >= 11 is 0. The van der Waals surface area contributed by atoms with E-state index in [1.54, 1.807) is 7.11 Å². The number of ether oxygens (including phenoxy) is 5. The summed E-state index contributed by atoms with van der Waals surface area (Å²) in [6, 6.07) is 0.377. The summed E-state index contributed by atoms with van der Waals surface area (Å²) in [4.78, 5) is 0. The molecule has 0 amide bonds. The Kier molecular flexibility index (Phi) is 13.8. The molecule has 0 aromatic carbocycles. The van der Waals surface area contributed by atoms with Crippen LogP contribution < -0.4 is 24.3 Å². The van der Waals surface area contributed by atoms with E-state index in [1.807, 2.05) is 50.6 Å². The Morgan fingerprint density at radius 3 is 1.63 bits per heavy atom. The maximum absolute atomic E-state index is 5.77. The Morgan fingerprint density at radius 2 is 1.11 bits per heavy atom. The van der Waals surface area contributed by atoms with E-state index in [2.05, 4.69) is 94.9 Å². The zero-order chi connectivity index (χ0) is 39.2. The molecule has 4 aliphatic rings. The number of likely N-dealkylation sites (N-methyl/N-ethyl adjacent to an activating group) is 1. The molecule has 0 fully saturated rings. The quantitative estimate of drug-likeness (QED) is 0.230. The third kappa shape index (κ3) is 9.79. The highest BCUT2D eigenvalue weighted by Crippen LogP contribution is 2.34. The third-order valence-electron chi connectivity index (χ3n) is 10.0. The van der Waals surface area contributed by atoms with Gasteiger partial charge >= 0.3 is 0 Å². The lowest BCUT2D eigenvalue weighted by molar-refractivity contribution is 0.0174. The van der Waals surface area contributed by atoms with Crippen LogP contribution in [-0.4, -0.2) is 91.9 Å². The Hall–Kier alpha value is -4.04. The van der Waals surface area contributed by atoms with Crippen molar-refractivity contribution < 1.29 is 23.7 Å². The first-order valence-corrected chi connectivity index (χ1v) is 19.7. The highest BCUT2D eigenvalue weighted by atomic mass is 16.5. The second-order valence-corrected chi connectivity index (χ2v) is 16.6. The molecule has 4 aliphatic heterocycles. The average molecular weight is 752 g/mol. The lowest BCUT2D eigenvalue weighted by Crippen LogP contribution is -2.40. The lowest BCUT2D eigenvalue weighted by atomic mass is 9.94. The summed E-state index contributed by atoms with van der Waals surface area (Å²) in [6.45, 7) is 28.3. The predicted molar refractivity (Wildman–Crippen MR) is 209 cm³/mol. The van der Waals surface area contributed by atoms with Gasteiger partial charge in [-0.2, -0.15) is 20.4 Å². The van der Waals surface area contributed by atoms with E-state index in [-0.39, 0.29) is 11.5 Å². The molecule has 0 spiro atoms. The van der Waals surface area contributed by atoms with Crippen molar-refractivity contribution in [2.45, 2.75) is 138 Å². The van der Waals surface area contributed by atoms with E-state index >= 15 is 0 Å². The molecule has 8 heterocycles. The molecule has 14 heteroatoms. The monoisotopic (exact) mass is 752 g/mol. The van der Waals surface area contributed by atoms with E-state index < -0.39 is 0 Å². The molecule has 0 unspecified atom stereocenters. The molecule has 2 atom stereocenters. The van der Waals surface area contributed by atoms with Gasteiger partial charge in [-0.3, -0.25) is 0 Å². The van der Waals surface area contributed by atoms with Crippen LogP contribution in [0.5, 0.6) is 23.5 Å². The Labute approximate surface area is 321 Å². The standard InChI is InChI=1S/C11H18N2O.C10H17N3O.C10H16N2O2.C9H14N2O/c1-8(2)9-5-12-13-6-11(3,4)7-14-10(9)13;1-7(2)9-4-12-13-5-8(11-3)6-14-10(9)13;1-7(2)9-4-11-12-5-8(13-3)6-14-10(9)12;1-7(2)8-6-10-11-4-3-5-12-9(8)11/h5,8H,6-7H2,1-4H3;4,7-8,11H,5-6H2,1-3H3;4,7-8H,5-6H2,1-3H3;6-7H,3-5H2,1-2H3/t;2*8-;/m.11./s1. The van der Waals surface area contributed by atoms with Crippen molar-refractivity contribution in [1.29, 1.82) is 0 Å². The largest absolute Gasteiger partial charge is 0.478 e. The summed E-state index contributed by atoms with van der Waals surface area (Å²) < 4.78 is 35.7. The minimum atomic E-state index is 0.127. The topological polar surface area (TPSA) is 129 Å². The van der Waals surface area contributed by atoms with E-state index in [9.17, 15) is 0 Å². The summed E-state index contributed by atoms with van der Waals surface area (Å²) in [5, 5.41) is 20.4. The number of nitrogens with zero attached hydrogens (tertiary/aromatic N) is 8. The number of aryl methyl sites for hydroxylation is 1. The highest BCUT2D eigenvalue weighted by Gasteiger charge is 2.30. The average Bonchev–Trinajstić information content (AvgIpc) is 3.95. The maximum Gasteiger partial charge on any atom is 0.215 e. The van der Waals surface area contributed by atoms with Gasteiger partial charge in [0.1, 0.15) is 19.3 Å². The Morgan fingerprint density at radius 1 is 0.648 bits per heavy atom. The number of hydrogen-bond acceptors (Lipinski definition) is 10. The van der Waals surface area contributed by atoms with Crippen LogP contribution in [0.1, 0.15) is 122 Å². The fourth-order valence-corrected chi connectivity index (χ4v) is 6.58. The normalized spacial score (nSPS) is 19.3. The number of hydrogen-bond donors (Lipinski definition) is 1. The van der Waals surface area contributed by atoms with Crippen molar-refractivity contribution in [1.82, 2.24) is 44.4 Å². The van der Waals surface area contributed by atoms with Crippen molar-refractivity contribution in [2.24, 2.45) is 5.41 Å². The van der Waals surface area contributed by atoms with Gasteiger partial charge in [-0.05, 0) is 30.7 Å². The Balaban J connectivity index is 0.000000139. The second kappa shape index (κ2) is 18.1. The van der Waals surface area contributed by atoms with Crippen molar-refractivity contribution in [2.75, 3.05) is 40.6 Å². The SMILES string of the molecule is CC(C)c1cnn2c1OCC(C)(C)C2.CC(C)c1cnn2c1OCCC2.CN[C@H]1COc2c(C(C)C)cnn2C1.CO[C@H]1COc2c(C(C)C)cnn2C1. The van der Waals surface area contributed by atoms with E-state index in [0.717, 1.165) is 75.9 Å². The van der Waals surface area contributed by atoms with Crippen molar-refractivity contribution in [3.8, 4) is 23.5 Å². The number of rotatable bonds is 6. The fourth-order valence-electron chi connectivity index (χ4n) is 6.58. The van der Waals surface area contributed by atoms with Gasteiger partial charge in [-0.25, -0.2) is 18.7 Å². The molecule has 8 rings (SSSR count). The summed E-state index contributed by atoms with van der Waals surface area (Å²) in [7, 11) is 3.65. The molecule has 1 N–H and O–H groups in total. The zero-order valence-corrected chi connectivity index (χ0v) is 34.8. The molecule has 54 heavy (non-hydrogen) atoms. The molecular weight excluding hydrogens is 686 g/mol. The number of methoxy groups -OCH3 is 1. The first-order chi connectivity index (χ1) is 25.7. The third-order valence-corrected chi connectivity index (χ3v) is 10.0. The summed E-state index contributed by atoms with van der Waals surface area (Å²) in [6.07, 6.45) is 8.86. The van der Waals surface area contributed by atoms with Crippen molar-refractivity contribution in [3.05, 3.63) is 47.0 Å². The van der Waals surface area contributed by atoms with E-state index in [1.165, 1.54) is 22.3 Å². The van der Waals surface area contributed by atoms with E-state index in [4.69, 9.17) is 23.7 Å². The van der Waals surface area contributed by atoms with Gasteiger partial charge in [0.05, 0.1) is 63.7 Å². The van der Waals surface area contributed by atoms with Crippen LogP contribution in [0.15, 0.2) is 24.8 Å². The molecule has 0 aliphatic carbocycles. The molecule has 4 aromatic heterocycles. The maximum atomic E-state index is 5.77. The summed E-state index contributed by atoms with van der Waals surface area (Å²) in [5.74, 6) is 5.74. The number of aromatic nitrogens is 8. The molecule has 0 bridgehead atoms. The molecule has 0 saturated carbocycles. The van der Waals surface area contributed by atoms with Crippen LogP contribution in [0.25, 0.3) is 0 Å². The van der Waals surface area contributed by atoms with Crippen molar-refractivity contribution in [3.63, 3.8) is 0 Å². The number of nitrogens with one attached hydrogen (secondary N) is 1. The molecule has 300 valence electrons. The van der Waals surface area contributed by atoms with Crippen LogP contribution >= 0.6 is 0 Å². The Bertz CT molecular complexity index is 1700. The van der Waals surface area contributed by atoms with Crippen LogP contribution in [0.3, 0.4) is 0 Å². The fraction of sp³-hybridized carbons (Fsp3) is 0.700. The molecular formula is C40H65N9O5. The minimum absolute atomic E-state index is 0.127. The van der Waals surface area contributed by atoms with Gasteiger partial charge in [0, 0.05) is 47.7 Å². The van der Waals surface area contributed by atoms with Crippen LogP contribution in [0.2, 0.25) is 0 Å². The molecule has 4 aromatic rings. The van der Waals surface area contributed by atoms with Gasteiger partial charge in [0.15, 0.2) is 0 Å². The van der Waals surface area contributed by atoms with Crippen molar-refractivity contribution >= 4 is 0 Å².